The van der Waals surface area contributed by atoms with Crippen LogP contribution in [0.25, 0.3) is 0 Å². The Labute approximate surface area is 88.0 Å². The van der Waals surface area contributed by atoms with Gasteiger partial charge >= 0.3 is 5.97 Å². The second-order valence-corrected chi connectivity index (χ2v) is 3.95. The summed E-state index contributed by atoms with van der Waals surface area (Å²) >= 11 is 3.84. The van der Waals surface area contributed by atoms with Gasteiger partial charge in [0.25, 0.3) is 0 Å². The van der Waals surface area contributed by atoms with Gasteiger partial charge in [0.05, 0.1) is 6.61 Å². The zero-order valence-corrected chi connectivity index (χ0v) is 9.28. The van der Waals surface area contributed by atoms with E-state index < -0.39 is 0 Å². The van der Waals surface area contributed by atoms with Crippen LogP contribution < -0.4 is 0 Å². The molecule has 0 aromatic heterocycles. The summed E-state index contributed by atoms with van der Waals surface area (Å²) in [4.78, 5) is 10.8. The van der Waals surface area contributed by atoms with E-state index in [1.165, 1.54) is 10.8 Å². The number of aliphatic hydroxyl groups is 1. The number of carbonyl (C=O) groups excluding carboxylic acids is 1. The molecule has 5 heteroatoms. The fraction of sp³-hybridized carbons (Fsp3) is 0.875. The highest BCUT2D eigenvalue weighted by Crippen LogP contribution is 2.05. The maximum Gasteiger partial charge on any atom is 0.316 e. The van der Waals surface area contributed by atoms with Crippen LogP contribution in [-0.4, -0.2) is 30.0 Å². The highest BCUT2D eigenvalue weighted by atomic mass is 33.1. The minimum Gasteiger partial charge on any atom is -0.465 e. The first-order valence-electron chi connectivity index (χ1n) is 4.34. The molecule has 13 heavy (non-hydrogen) atoms. The Balaban J connectivity index is 3.02. The third-order valence-corrected chi connectivity index (χ3v) is 2.25. The van der Waals surface area contributed by atoms with Crippen molar-refractivity contribution in [3.05, 3.63) is 0 Å². The van der Waals surface area contributed by atoms with E-state index in [-0.39, 0.29) is 12.6 Å². The number of unbranched alkanes of at least 4 members (excludes halogenated alkanes) is 3. The molecule has 0 aliphatic rings. The second kappa shape index (κ2) is 10.2. The summed E-state index contributed by atoms with van der Waals surface area (Å²) in [6.45, 7) is 0.731. The Morgan fingerprint density at radius 2 is 2.00 bits per heavy atom. The van der Waals surface area contributed by atoms with Crippen molar-refractivity contribution < 1.29 is 14.6 Å². The van der Waals surface area contributed by atoms with Crippen LogP contribution in [0.5, 0.6) is 0 Å². The summed E-state index contributed by atoms with van der Waals surface area (Å²) in [5.74, 6) is 0.0990. The Hall–Kier alpha value is 0.130. The van der Waals surface area contributed by atoms with Gasteiger partial charge in [-0.05, 0) is 19.3 Å². The van der Waals surface area contributed by atoms with Crippen LogP contribution in [0.4, 0.5) is 0 Å². The summed E-state index contributed by atoms with van der Waals surface area (Å²) in [6.07, 6.45) is 3.71. The van der Waals surface area contributed by atoms with Crippen molar-refractivity contribution in [2.24, 2.45) is 0 Å². The molecule has 0 bridgehead atoms. The van der Waals surface area contributed by atoms with Gasteiger partial charge in [0.15, 0.2) is 0 Å². The molecular weight excluding hydrogens is 208 g/mol. The number of hydrogen-bond acceptors (Lipinski definition) is 5. The van der Waals surface area contributed by atoms with Gasteiger partial charge in [0, 0.05) is 6.61 Å². The minimum absolute atomic E-state index is 0.206. The molecule has 0 aromatic rings. The van der Waals surface area contributed by atoms with Crippen LogP contribution in [0.1, 0.15) is 25.7 Å². The molecule has 3 nitrogen and oxygen atoms in total. The number of hydrogen-bond donors (Lipinski definition) is 2. The van der Waals surface area contributed by atoms with E-state index in [1.807, 2.05) is 0 Å². The number of rotatable bonds is 8. The summed E-state index contributed by atoms with van der Waals surface area (Å²) in [6, 6.07) is 0. The first kappa shape index (κ1) is 13.1. The molecule has 1 N–H and O–H groups in total. The minimum atomic E-state index is -0.206. The topological polar surface area (TPSA) is 46.5 Å². The van der Waals surface area contributed by atoms with E-state index in [2.05, 4.69) is 11.7 Å². The third kappa shape index (κ3) is 10.0. The number of thiol groups is 1. The molecule has 0 saturated heterocycles. The quantitative estimate of drug-likeness (QED) is 0.285. The lowest BCUT2D eigenvalue weighted by molar-refractivity contribution is -0.140. The number of esters is 1. The normalized spacial score (nSPS) is 10.0. The SMILES string of the molecule is O=C(CSS)OCCCCCCO. The van der Waals surface area contributed by atoms with Crippen molar-refractivity contribution in [3.63, 3.8) is 0 Å². The highest BCUT2D eigenvalue weighted by Gasteiger charge is 1.99. The molecule has 0 amide bonds. The lowest BCUT2D eigenvalue weighted by atomic mass is 10.2. The van der Waals surface area contributed by atoms with Crippen molar-refractivity contribution >= 4 is 28.4 Å². The molecular formula is C8H16O3S2. The predicted octanol–water partition coefficient (Wildman–Crippen LogP) is 1.66. The van der Waals surface area contributed by atoms with Gasteiger partial charge in [-0.2, -0.15) is 0 Å². The molecule has 0 fully saturated rings. The average molecular weight is 224 g/mol. The molecule has 0 aromatic carbocycles. The Bertz CT molecular complexity index is 131. The molecule has 0 saturated carbocycles. The molecule has 0 aliphatic carbocycles. The van der Waals surface area contributed by atoms with Gasteiger partial charge in [-0.3, -0.25) is 4.79 Å². The summed E-state index contributed by atoms with van der Waals surface area (Å²) in [5.41, 5.74) is 0. The maximum absolute atomic E-state index is 10.8. The van der Waals surface area contributed by atoms with E-state index >= 15 is 0 Å². The van der Waals surface area contributed by atoms with E-state index in [9.17, 15) is 4.79 Å². The van der Waals surface area contributed by atoms with Gasteiger partial charge < -0.3 is 9.84 Å². The molecule has 0 rings (SSSR count). The molecule has 0 radical (unpaired) electrons. The van der Waals surface area contributed by atoms with E-state index in [4.69, 9.17) is 9.84 Å². The van der Waals surface area contributed by atoms with E-state index in [0.717, 1.165) is 25.7 Å². The molecule has 0 aliphatic heterocycles. The lowest BCUT2D eigenvalue weighted by Gasteiger charge is -2.02. The van der Waals surface area contributed by atoms with Crippen molar-refractivity contribution in [2.45, 2.75) is 25.7 Å². The number of aliphatic hydroxyl groups excluding tert-OH is 1. The van der Waals surface area contributed by atoms with Gasteiger partial charge in [-0.15, -0.1) is 11.7 Å². The third-order valence-electron chi connectivity index (χ3n) is 1.50. The molecule has 0 heterocycles. The highest BCUT2D eigenvalue weighted by molar-refractivity contribution is 8.68. The fourth-order valence-electron chi connectivity index (χ4n) is 0.848. The Morgan fingerprint density at radius 1 is 1.31 bits per heavy atom. The molecule has 0 atom stereocenters. The Morgan fingerprint density at radius 3 is 2.62 bits per heavy atom. The van der Waals surface area contributed by atoms with E-state index in [1.54, 1.807) is 0 Å². The summed E-state index contributed by atoms with van der Waals surface area (Å²) in [5, 5.41) is 8.48. The summed E-state index contributed by atoms with van der Waals surface area (Å²) < 4.78 is 4.89. The van der Waals surface area contributed by atoms with E-state index in [0.29, 0.717) is 12.4 Å². The standard InChI is InChI=1S/C8H16O3S2/c9-5-3-1-2-4-6-11-8(10)7-13-12/h9,12H,1-7H2. The zero-order valence-electron chi connectivity index (χ0n) is 7.57. The van der Waals surface area contributed by atoms with Crippen molar-refractivity contribution in [3.8, 4) is 0 Å². The first-order chi connectivity index (χ1) is 6.31. The number of carbonyl (C=O) groups is 1. The van der Waals surface area contributed by atoms with Crippen molar-refractivity contribution in [2.75, 3.05) is 19.0 Å². The van der Waals surface area contributed by atoms with Gasteiger partial charge in [-0.25, -0.2) is 0 Å². The smallest absolute Gasteiger partial charge is 0.316 e. The molecule has 0 unspecified atom stereocenters. The zero-order chi connectivity index (χ0) is 9.94. The summed E-state index contributed by atoms with van der Waals surface area (Å²) in [7, 11) is 1.17. The fourth-order valence-corrected chi connectivity index (χ4v) is 1.35. The van der Waals surface area contributed by atoms with Crippen molar-refractivity contribution in [1.29, 1.82) is 0 Å². The first-order valence-corrected chi connectivity index (χ1v) is 6.38. The van der Waals surface area contributed by atoms with Gasteiger partial charge in [-0.1, -0.05) is 17.2 Å². The van der Waals surface area contributed by atoms with Crippen molar-refractivity contribution in [1.82, 2.24) is 0 Å². The second-order valence-electron chi connectivity index (χ2n) is 2.63. The monoisotopic (exact) mass is 224 g/mol. The molecule has 78 valence electrons. The van der Waals surface area contributed by atoms with Crippen LogP contribution in [0.15, 0.2) is 0 Å². The van der Waals surface area contributed by atoms with Gasteiger partial charge in [0.2, 0.25) is 0 Å². The van der Waals surface area contributed by atoms with Crippen LogP contribution >= 0.6 is 22.5 Å². The van der Waals surface area contributed by atoms with Crippen LogP contribution in [0.3, 0.4) is 0 Å². The largest absolute Gasteiger partial charge is 0.465 e. The number of ether oxygens (including phenoxy) is 1. The van der Waals surface area contributed by atoms with Gasteiger partial charge in [0.1, 0.15) is 5.75 Å². The Kier molecular flexibility index (Phi) is 10.3. The van der Waals surface area contributed by atoms with Crippen LogP contribution in [0.2, 0.25) is 0 Å². The lowest BCUT2D eigenvalue weighted by Crippen LogP contribution is -2.07. The van der Waals surface area contributed by atoms with Crippen LogP contribution in [-0.2, 0) is 9.53 Å². The van der Waals surface area contributed by atoms with Crippen LogP contribution in [0, 0.1) is 0 Å². The maximum atomic E-state index is 10.8. The average Bonchev–Trinajstić information content (AvgIpc) is 2.11. The predicted molar refractivity (Wildman–Crippen MR) is 58.0 cm³/mol. The molecule has 0 spiro atoms.